The fourth-order valence-electron chi connectivity index (χ4n) is 2.04. The number of nitrogens with zero attached hydrogens (tertiary/aromatic N) is 4. The zero-order valence-electron chi connectivity index (χ0n) is 13.1. The third-order valence-electron chi connectivity index (χ3n) is 3.16. The highest BCUT2D eigenvalue weighted by atomic mass is 16.3. The molecule has 0 aliphatic heterocycles. The van der Waals surface area contributed by atoms with E-state index in [-0.39, 0.29) is 0 Å². The molecular formula is C15H25N5O. The lowest BCUT2D eigenvalue weighted by molar-refractivity contribution is 0.278. The second-order valence-corrected chi connectivity index (χ2v) is 5.81. The summed E-state index contributed by atoms with van der Waals surface area (Å²) in [6, 6.07) is 3.90. The predicted molar refractivity (Wildman–Crippen MR) is 81.6 cm³/mol. The fourth-order valence-corrected chi connectivity index (χ4v) is 2.04. The Morgan fingerprint density at radius 2 is 2.29 bits per heavy atom. The molecule has 2 heterocycles. The van der Waals surface area contributed by atoms with Crippen LogP contribution in [-0.2, 0) is 19.6 Å². The molecule has 0 atom stereocenters. The first kappa shape index (κ1) is 15.7. The molecule has 0 saturated heterocycles. The number of rotatable bonds is 9. The maximum atomic E-state index is 5.34. The van der Waals surface area contributed by atoms with Crippen molar-refractivity contribution in [2.24, 2.45) is 5.92 Å². The van der Waals surface area contributed by atoms with E-state index < -0.39 is 0 Å². The van der Waals surface area contributed by atoms with Crippen LogP contribution in [0, 0.1) is 5.92 Å². The van der Waals surface area contributed by atoms with Gasteiger partial charge in [-0.3, -0.25) is 9.58 Å². The van der Waals surface area contributed by atoms with Crippen molar-refractivity contribution in [3.05, 3.63) is 36.0 Å². The molecule has 0 aliphatic rings. The molecule has 6 nitrogen and oxygen atoms in total. The minimum atomic E-state index is 0.648. The summed E-state index contributed by atoms with van der Waals surface area (Å²) in [7, 11) is 2.07. The van der Waals surface area contributed by atoms with Crippen LogP contribution in [0.4, 0.5) is 0 Å². The summed E-state index contributed by atoms with van der Waals surface area (Å²) in [5, 5.41) is 11.7. The van der Waals surface area contributed by atoms with Gasteiger partial charge in [0, 0.05) is 19.3 Å². The Morgan fingerprint density at radius 1 is 1.43 bits per heavy atom. The molecule has 2 rings (SSSR count). The highest BCUT2D eigenvalue weighted by Crippen LogP contribution is 2.03. The van der Waals surface area contributed by atoms with Crippen LogP contribution in [0.25, 0.3) is 0 Å². The molecule has 21 heavy (non-hydrogen) atoms. The normalized spacial score (nSPS) is 11.7. The molecular weight excluding hydrogens is 266 g/mol. The van der Waals surface area contributed by atoms with E-state index in [1.165, 1.54) is 0 Å². The van der Waals surface area contributed by atoms with E-state index in [0.29, 0.717) is 5.92 Å². The quantitative estimate of drug-likeness (QED) is 0.763. The molecule has 2 aromatic heterocycles. The first-order chi connectivity index (χ1) is 10.1. The van der Waals surface area contributed by atoms with Crippen LogP contribution in [0.15, 0.2) is 29.0 Å². The summed E-state index contributed by atoms with van der Waals surface area (Å²) in [5.74, 6) is 1.63. The highest BCUT2D eigenvalue weighted by Gasteiger charge is 2.05. The average molecular weight is 291 g/mol. The van der Waals surface area contributed by atoms with Crippen molar-refractivity contribution in [2.75, 3.05) is 20.1 Å². The van der Waals surface area contributed by atoms with Gasteiger partial charge in [-0.2, -0.15) is 0 Å². The van der Waals surface area contributed by atoms with Gasteiger partial charge >= 0.3 is 0 Å². The SMILES string of the molecule is CC(C)CNCc1cn(CCN(C)Cc2ccco2)nn1. The van der Waals surface area contributed by atoms with Crippen molar-refractivity contribution in [3.8, 4) is 0 Å². The number of hydrogen-bond donors (Lipinski definition) is 1. The molecule has 0 saturated carbocycles. The van der Waals surface area contributed by atoms with Gasteiger partial charge in [-0.25, -0.2) is 0 Å². The molecule has 0 aliphatic carbocycles. The zero-order valence-corrected chi connectivity index (χ0v) is 13.1. The lowest BCUT2D eigenvalue weighted by Crippen LogP contribution is -2.23. The molecule has 0 unspecified atom stereocenters. The monoisotopic (exact) mass is 291 g/mol. The van der Waals surface area contributed by atoms with Gasteiger partial charge in [0.2, 0.25) is 0 Å². The maximum absolute atomic E-state index is 5.34. The lowest BCUT2D eigenvalue weighted by atomic mass is 10.2. The van der Waals surface area contributed by atoms with Crippen molar-refractivity contribution in [1.82, 2.24) is 25.2 Å². The van der Waals surface area contributed by atoms with Gasteiger partial charge in [0.15, 0.2) is 0 Å². The molecule has 1 N–H and O–H groups in total. The molecule has 0 amide bonds. The van der Waals surface area contributed by atoms with Crippen LogP contribution in [0.3, 0.4) is 0 Å². The maximum Gasteiger partial charge on any atom is 0.117 e. The van der Waals surface area contributed by atoms with Crippen molar-refractivity contribution in [2.45, 2.75) is 33.5 Å². The molecule has 0 radical (unpaired) electrons. The van der Waals surface area contributed by atoms with Crippen molar-refractivity contribution < 1.29 is 4.42 Å². The number of likely N-dealkylation sites (N-methyl/N-ethyl adjacent to an activating group) is 1. The van der Waals surface area contributed by atoms with E-state index in [9.17, 15) is 0 Å². The van der Waals surface area contributed by atoms with Crippen LogP contribution in [0.5, 0.6) is 0 Å². The third kappa shape index (κ3) is 5.69. The summed E-state index contributed by atoms with van der Waals surface area (Å²) < 4.78 is 7.23. The van der Waals surface area contributed by atoms with Crippen molar-refractivity contribution in [3.63, 3.8) is 0 Å². The van der Waals surface area contributed by atoms with Gasteiger partial charge in [0.05, 0.1) is 25.0 Å². The van der Waals surface area contributed by atoms with Gasteiger partial charge in [0.25, 0.3) is 0 Å². The average Bonchev–Trinajstić information content (AvgIpc) is 3.07. The molecule has 6 heteroatoms. The summed E-state index contributed by atoms with van der Waals surface area (Å²) in [6.07, 6.45) is 3.71. The molecule has 0 aromatic carbocycles. The molecule has 0 bridgehead atoms. The Labute approximate surface area is 126 Å². The van der Waals surface area contributed by atoms with Crippen molar-refractivity contribution >= 4 is 0 Å². The largest absolute Gasteiger partial charge is 0.468 e. The number of hydrogen-bond acceptors (Lipinski definition) is 5. The zero-order chi connectivity index (χ0) is 15.1. The third-order valence-corrected chi connectivity index (χ3v) is 3.16. The Hall–Kier alpha value is -1.66. The Kier molecular flexibility index (Phi) is 5.95. The van der Waals surface area contributed by atoms with Crippen molar-refractivity contribution in [1.29, 1.82) is 0 Å². The van der Waals surface area contributed by atoms with Crippen LogP contribution in [-0.4, -0.2) is 40.0 Å². The topological polar surface area (TPSA) is 59.1 Å². The first-order valence-corrected chi connectivity index (χ1v) is 7.44. The smallest absolute Gasteiger partial charge is 0.117 e. The van der Waals surface area contributed by atoms with Gasteiger partial charge in [0.1, 0.15) is 5.76 Å². The second kappa shape index (κ2) is 7.95. The molecule has 0 fully saturated rings. The van der Waals surface area contributed by atoms with E-state index in [1.807, 2.05) is 23.0 Å². The van der Waals surface area contributed by atoms with Crippen LogP contribution in [0.2, 0.25) is 0 Å². The van der Waals surface area contributed by atoms with Gasteiger partial charge in [-0.15, -0.1) is 5.10 Å². The fraction of sp³-hybridized carbons (Fsp3) is 0.600. The minimum Gasteiger partial charge on any atom is -0.468 e. The summed E-state index contributed by atoms with van der Waals surface area (Å²) in [4.78, 5) is 2.21. The molecule has 0 spiro atoms. The lowest BCUT2D eigenvalue weighted by Gasteiger charge is -2.14. The highest BCUT2D eigenvalue weighted by molar-refractivity contribution is 4.97. The molecule has 2 aromatic rings. The van der Waals surface area contributed by atoms with Crippen LogP contribution >= 0.6 is 0 Å². The van der Waals surface area contributed by atoms with E-state index in [4.69, 9.17) is 4.42 Å². The van der Waals surface area contributed by atoms with E-state index in [2.05, 4.69) is 41.4 Å². The Bertz CT molecular complexity index is 506. The van der Waals surface area contributed by atoms with Gasteiger partial charge in [-0.05, 0) is 31.6 Å². The van der Waals surface area contributed by atoms with Crippen LogP contribution in [0.1, 0.15) is 25.3 Å². The second-order valence-electron chi connectivity index (χ2n) is 5.81. The Morgan fingerprint density at radius 3 is 3.00 bits per heavy atom. The summed E-state index contributed by atoms with van der Waals surface area (Å²) in [6.45, 7) is 8.71. The van der Waals surface area contributed by atoms with Gasteiger partial charge < -0.3 is 9.73 Å². The Balaban J connectivity index is 1.69. The first-order valence-electron chi connectivity index (χ1n) is 7.44. The standard InChI is InChI=1S/C15H25N5O/c1-13(2)9-16-10-14-11-20(18-17-14)7-6-19(3)12-15-5-4-8-21-15/h4-5,8,11,13,16H,6-7,9-10,12H2,1-3H3. The summed E-state index contributed by atoms with van der Waals surface area (Å²) >= 11 is 0. The minimum absolute atomic E-state index is 0.648. The van der Waals surface area contributed by atoms with E-state index >= 15 is 0 Å². The number of furan rings is 1. The van der Waals surface area contributed by atoms with Crippen LogP contribution < -0.4 is 5.32 Å². The molecule has 116 valence electrons. The summed E-state index contributed by atoms with van der Waals surface area (Å²) in [5.41, 5.74) is 0.990. The number of nitrogens with one attached hydrogen (secondary N) is 1. The van der Waals surface area contributed by atoms with E-state index in [0.717, 1.165) is 44.2 Å². The predicted octanol–water partition coefficient (Wildman–Crippen LogP) is 1.75. The number of aromatic nitrogens is 3. The van der Waals surface area contributed by atoms with E-state index in [1.54, 1.807) is 6.26 Å². The van der Waals surface area contributed by atoms with Gasteiger partial charge in [-0.1, -0.05) is 19.1 Å².